The molecule has 2 fully saturated rings. The quantitative estimate of drug-likeness (QED) is 0.297. The summed E-state index contributed by atoms with van der Waals surface area (Å²) >= 11 is 0. The van der Waals surface area contributed by atoms with Crippen molar-refractivity contribution in [3.63, 3.8) is 0 Å². The highest BCUT2D eigenvalue weighted by Crippen LogP contribution is 2.72. The standard InChI is InChI=1S/C32H50O4/c1-20(2)10-9-11-21(3)23-15-19-32(28(34)35)25-12-13-26-29(5,6)27(36-22(4)33)16-17-30(26,7)24(25)14-18-31(23,32)8/h10,21,23,26-27H,9,11-19H2,1-8H3,(H,34,35)/t21-,23-,26+,27+,30-,31-,32+/m1/s1. The number of rotatable bonds is 6. The minimum absolute atomic E-state index is 0.00926. The Morgan fingerprint density at radius 1 is 1.00 bits per heavy atom. The third-order valence-electron chi connectivity index (χ3n) is 11.7. The van der Waals surface area contributed by atoms with Crippen LogP contribution in [0.1, 0.15) is 120 Å². The van der Waals surface area contributed by atoms with Crippen LogP contribution in [0.2, 0.25) is 0 Å². The first-order valence-electron chi connectivity index (χ1n) is 14.5. The summed E-state index contributed by atoms with van der Waals surface area (Å²) in [5.41, 5.74) is 3.09. The zero-order valence-electron chi connectivity index (χ0n) is 24.1. The summed E-state index contributed by atoms with van der Waals surface area (Å²) in [5, 5.41) is 11.0. The Morgan fingerprint density at radius 2 is 1.69 bits per heavy atom. The molecule has 0 aromatic carbocycles. The molecule has 7 atom stereocenters. The van der Waals surface area contributed by atoms with E-state index in [0.29, 0.717) is 17.8 Å². The van der Waals surface area contributed by atoms with Gasteiger partial charge in [-0.25, -0.2) is 0 Å². The number of carboxylic acid groups (broad SMARTS) is 1. The Hall–Kier alpha value is -1.58. The lowest BCUT2D eigenvalue weighted by molar-refractivity contribution is -0.169. The fraction of sp³-hybridized carbons (Fsp3) is 0.812. The van der Waals surface area contributed by atoms with Crippen molar-refractivity contribution in [3.05, 3.63) is 22.8 Å². The molecule has 0 unspecified atom stereocenters. The monoisotopic (exact) mass is 498 g/mol. The molecule has 202 valence electrons. The Kier molecular flexibility index (Phi) is 7.10. The number of hydrogen-bond acceptors (Lipinski definition) is 3. The van der Waals surface area contributed by atoms with Crippen molar-refractivity contribution in [2.75, 3.05) is 0 Å². The average Bonchev–Trinajstić information content (AvgIpc) is 3.09. The lowest BCUT2D eigenvalue weighted by atomic mass is 9.43. The van der Waals surface area contributed by atoms with E-state index in [1.165, 1.54) is 23.6 Å². The van der Waals surface area contributed by atoms with E-state index in [9.17, 15) is 14.7 Å². The normalized spacial score (nSPS) is 39.9. The van der Waals surface area contributed by atoms with Crippen molar-refractivity contribution in [2.24, 2.45) is 39.4 Å². The zero-order chi connectivity index (χ0) is 26.7. The highest BCUT2D eigenvalue weighted by Gasteiger charge is 2.68. The summed E-state index contributed by atoms with van der Waals surface area (Å²) in [6.07, 6.45) is 12.0. The van der Waals surface area contributed by atoms with Crippen LogP contribution in [0, 0.1) is 39.4 Å². The molecule has 1 N–H and O–H groups in total. The molecule has 0 radical (unpaired) electrons. The van der Waals surface area contributed by atoms with Gasteiger partial charge in [-0.3, -0.25) is 9.59 Å². The van der Waals surface area contributed by atoms with E-state index in [-0.39, 0.29) is 28.3 Å². The summed E-state index contributed by atoms with van der Waals surface area (Å²) in [7, 11) is 0. The topological polar surface area (TPSA) is 63.6 Å². The maximum Gasteiger partial charge on any atom is 0.314 e. The molecule has 4 rings (SSSR count). The highest BCUT2D eigenvalue weighted by molar-refractivity contribution is 5.82. The number of allylic oxidation sites excluding steroid dienone is 3. The van der Waals surface area contributed by atoms with Crippen molar-refractivity contribution in [1.29, 1.82) is 0 Å². The van der Waals surface area contributed by atoms with Gasteiger partial charge in [-0.2, -0.15) is 0 Å². The molecule has 36 heavy (non-hydrogen) atoms. The number of carbonyl (C=O) groups excluding carboxylic acids is 1. The number of ether oxygens (including phenoxy) is 1. The van der Waals surface area contributed by atoms with Crippen molar-refractivity contribution in [2.45, 2.75) is 126 Å². The first-order valence-corrected chi connectivity index (χ1v) is 14.5. The Morgan fingerprint density at radius 3 is 2.31 bits per heavy atom. The van der Waals surface area contributed by atoms with E-state index >= 15 is 0 Å². The second kappa shape index (κ2) is 9.31. The lowest BCUT2D eigenvalue weighted by Crippen LogP contribution is -2.57. The second-order valence-corrected chi connectivity index (χ2v) is 14.0. The van der Waals surface area contributed by atoms with Gasteiger partial charge in [-0.1, -0.05) is 57.4 Å². The predicted octanol–water partition coefficient (Wildman–Crippen LogP) is 8.11. The van der Waals surface area contributed by atoms with Crippen LogP contribution < -0.4 is 0 Å². The van der Waals surface area contributed by atoms with Gasteiger partial charge in [-0.05, 0) is 107 Å². The number of carbonyl (C=O) groups is 2. The van der Waals surface area contributed by atoms with Crippen molar-refractivity contribution in [1.82, 2.24) is 0 Å². The zero-order valence-corrected chi connectivity index (χ0v) is 24.1. The molecule has 4 aliphatic carbocycles. The summed E-state index contributed by atoms with van der Waals surface area (Å²) in [4.78, 5) is 25.2. The minimum Gasteiger partial charge on any atom is -0.481 e. The molecule has 0 bridgehead atoms. The molecule has 4 heteroatoms. The first kappa shape index (κ1) is 27.5. The Labute approximate surface area is 219 Å². The van der Waals surface area contributed by atoms with E-state index in [2.05, 4.69) is 54.5 Å². The molecule has 0 aliphatic heterocycles. The molecule has 4 nitrogen and oxygen atoms in total. The largest absolute Gasteiger partial charge is 0.481 e. The number of hydrogen-bond donors (Lipinski definition) is 1. The van der Waals surface area contributed by atoms with E-state index in [4.69, 9.17) is 4.74 Å². The van der Waals surface area contributed by atoms with E-state index < -0.39 is 11.4 Å². The van der Waals surface area contributed by atoms with Gasteiger partial charge in [0, 0.05) is 12.3 Å². The predicted molar refractivity (Wildman–Crippen MR) is 144 cm³/mol. The molecular formula is C32H50O4. The summed E-state index contributed by atoms with van der Waals surface area (Å²) in [5.74, 6) is 0.610. The maximum atomic E-state index is 13.4. The molecule has 0 aromatic heterocycles. The van der Waals surface area contributed by atoms with Crippen LogP contribution in [-0.2, 0) is 14.3 Å². The summed E-state index contributed by atoms with van der Waals surface area (Å²) in [6.45, 7) is 17.5. The minimum atomic E-state index is -0.721. The van der Waals surface area contributed by atoms with Crippen LogP contribution in [0.15, 0.2) is 22.8 Å². The summed E-state index contributed by atoms with van der Waals surface area (Å²) < 4.78 is 5.81. The molecule has 0 saturated heterocycles. The van der Waals surface area contributed by atoms with Gasteiger partial charge >= 0.3 is 11.9 Å². The van der Waals surface area contributed by atoms with Crippen molar-refractivity contribution in [3.8, 4) is 0 Å². The third kappa shape index (κ3) is 3.91. The molecule has 4 aliphatic rings. The molecular weight excluding hydrogens is 448 g/mol. The maximum absolute atomic E-state index is 13.4. The molecule has 0 heterocycles. The molecule has 0 aromatic rings. The van der Waals surface area contributed by atoms with Gasteiger partial charge < -0.3 is 9.84 Å². The smallest absolute Gasteiger partial charge is 0.314 e. The highest BCUT2D eigenvalue weighted by atomic mass is 16.5. The lowest BCUT2D eigenvalue weighted by Gasteiger charge is -2.61. The van der Waals surface area contributed by atoms with Gasteiger partial charge in [0.2, 0.25) is 0 Å². The molecule has 0 amide bonds. The summed E-state index contributed by atoms with van der Waals surface area (Å²) in [6, 6.07) is 0. The second-order valence-electron chi connectivity index (χ2n) is 14.0. The first-order chi connectivity index (χ1) is 16.7. The number of carboxylic acids is 1. The van der Waals surface area contributed by atoms with Crippen LogP contribution in [-0.4, -0.2) is 23.1 Å². The fourth-order valence-electron chi connectivity index (χ4n) is 9.98. The Bertz CT molecular complexity index is 969. The van der Waals surface area contributed by atoms with Gasteiger partial charge in [0.1, 0.15) is 6.10 Å². The van der Waals surface area contributed by atoms with Crippen LogP contribution in [0.3, 0.4) is 0 Å². The molecule has 2 saturated carbocycles. The van der Waals surface area contributed by atoms with Gasteiger partial charge in [0.05, 0.1) is 5.41 Å². The van der Waals surface area contributed by atoms with Crippen molar-refractivity contribution < 1.29 is 19.4 Å². The Balaban J connectivity index is 1.71. The number of fused-ring (bicyclic) bond motifs is 4. The number of aliphatic carboxylic acids is 1. The van der Waals surface area contributed by atoms with Gasteiger partial charge in [0.25, 0.3) is 0 Å². The van der Waals surface area contributed by atoms with Crippen molar-refractivity contribution >= 4 is 11.9 Å². The third-order valence-corrected chi connectivity index (χ3v) is 11.7. The van der Waals surface area contributed by atoms with Gasteiger partial charge in [-0.15, -0.1) is 0 Å². The van der Waals surface area contributed by atoms with E-state index in [1.54, 1.807) is 0 Å². The SMILES string of the molecule is CC(=O)O[C@H]1CC[C@]2(C)C3=C(CC[C@H]2C1(C)C)[C@]1(C(=O)O)CC[C@H]([C@H](C)CCC=C(C)C)[C@@]1(C)CC3. The number of esters is 1. The van der Waals surface area contributed by atoms with Gasteiger partial charge in [0.15, 0.2) is 0 Å². The fourth-order valence-corrected chi connectivity index (χ4v) is 9.98. The van der Waals surface area contributed by atoms with E-state index in [0.717, 1.165) is 64.2 Å². The van der Waals surface area contributed by atoms with E-state index in [1.807, 2.05) is 0 Å². The molecule has 0 spiro atoms. The average molecular weight is 499 g/mol. The van der Waals surface area contributed by atoms with Crippen LogP contribution >= 0.6 is 0 Å². The van der Waals surface area contributed by atoms with Crippen LogP contribution in [0.4, 0.5) is 0 Å². The van der Waals surface area contributed by atoms with Crippen LogP contribution in [0.25, 0.3) is 0 Å². The van der Waals surface area contributed by atoms with Crippen LogP contribution in [0.5, 0.6) is 0 Å².